The fourth-order valence-corrected chi connectivity index (χ4v) is 4.20. The van der Waals surface area contributed by atoms with Crippen molar-refractivity contribution in [2.75, 3.05) is 13.1 Å². The van der Waals surface area contributed by atoms with Crippen molar-refractivity contribution in [3.05, 3.63) is 45.5 Å². The van der Waals surface area contributed by atoms with E-state index in [2.05, 4.69) is 22.0 Å². The molecular formula is C19H27N7O. The number of nitrogens with zero attached hydrogens (tertiary/aromatic N) is 7. The zero-order chi connectivity index (χ0) is 19.1. The van der Waals surface area contributed by atoms with E-state index in [9.17, 15) is 4.79 Å². The number of hydrogen-bond acceptors (Lipinski definition) is 5. The number of likely N-dealkylation sites (tertiary alicyclic amines) is 1. The fraction of sp³-hybridized carbons (Fsp3) is 0.579. The van der Waals surface area contributed by atoms with Crippen LogP contribution in [0.1, 0.15) is 48.5 Å². The van der Waals surface area contributed by atoms with E-state index >= 15 is 0 Å². The van der Waals surface area contributed by atoms with E-state index in [1.165, 1.54) is 4.68 Å². The number of fused-ring (bicyclic) bond motifs is 1. The van der Waals surface area contributed by atoms with Crippen molar-refractivity contribution in [2.24, 2.45) is 7.05 Å². The average Bonchev–Trinajstić information content (AvgIpc) is 3.17. The van der Waals surface area contributed by atoms with E-state index in [0.717, 1.165) is 60.9 Å². The Morgan fingerprint density at radius 1 is 1.30 bits per heavy atom. The van der Waals surface area contributed by atoms with Gasteiger partial charge in [0, 0.05) is 49.6 Å². The van der Waals surface area contributed by atoms with Crippen LogP contribution in [0.3, 0.4) is 0 Å². The van der Waals surface area contributed by atoms with Crippen LogP contribution in [0, 0.1) is 13.8 Å². The smallest absolute Gasteiger partial charge is 0.298 e. The molecule has 27 heavy (non-hydrogen) atoms. The Kier molecular flexibility index (Phi) is 4.59. The van der Waals surface area contributed by atoms with Crippen molar-refractivity contribution in [1.82, 2.24) is 33.8 Å². The topological polar surface area (TPSA) is 73.2 Å². The molecule has 4 heterocycles. The van der Waals surface area contributed by atoms with Crippen LogP contribution < -0.4 is 5.69 Å². The average molecular weight is 369 g/mol. The highest BCUT2D eigenvalue weighted by Crippen LogP contribution is 2.26. The predicted octanol–water partition coefficient (Wildman–Crippen LogP) is 1.64. The Labute approximate surface area is 158 Å². The van der Waals surface area contributed by atoms with Gasteiger partial charge in [0.15, 0.2) is 5.65 Å². The van der Waals surface area contributed by atoms with Crippen LogP contribution in [-0.4, -0.2) is 46.9 Å². The van der Waals surface area contributed by atoms with Crippen molar-refractivity contribution in [3.8, 4) is 0 Å². The molecule has 0 radical (unpaired) electrons. The normalized spacial score (nSPS) is 18.4. The molecule has 3 aromatic rings. The summed E-state index contributed by atoms with van der Waals surface area (Å²) in [7, 11) is 1.73. The van der Waals surface area contributed by atoms with Crippen LogP contribution in [0.15, 0.2) is 17.1 Å². The molecule has 0 bridgehead atoms. The highest BCUT2D eigenvalue weighted by molar-refractivity contribution is 5.47. The molecule has 3 aromatic heterocycles. The van der Waals surface area contributed by atoms with Gasteiger partial charge in [0.2, 0.25) is 0 Å². The maximum absolute atomic E-state index is 12.2. The molecule has 1 aliphatic rings. The first-order valence-electron chi connectivity index (χ1n) is 9.65. The fourth-order valence-electron chi connectivity index (χ4n) is 4.20. The van der Waals surface area contributed by atoms with Gasteiger partial charge in [-0.15, -0.1) is 0 Å². The molecule has 1 unspecified atom stereocenters. The molecule has 1 aliphatic heterocycles. The van der Waals surface area contributed by atoms with E-state index in [4.69, 9.17) is 4.98 Å². The van der Waals surface area contributed by atoms with E-state index < -0.39 is 0 Å². The van der Waals surface area contributed by atoms with Gasteiger partial charge in [0.25, 0.3) is 0 Å². The lowest BCUT2D eigenvalue weighted by Gasteiger charge is -2.31. The lowest BCUT2D eigenvalue weighted by molar-refractivity contribution is 0.195. The maximum Gasteiger partial charge on any atom is 0.345 e. The van der Waals surface area contributed by atoms with Gasteiger partial charge in [-0.25, -0.2) is 19.0 Å². The lowest BCUT2D eigenvalue weighted by Crippen LogP contribution is -2.35. The zero-order valence-corrected chi connectivity index (χ0v) is 16.5. The van der Waals surface area contributed by atoms with Gasteiger partial charge in [-0.3, -0.25) is 9.47 Å². The lowest BCUT2D eigenvalue weighted by atomic mass is 9.97. The zero-order valence-electron chi connectivity index (χ0n) is 16.5. The van der Waals surface area contributed by atoms with Crippen LogP contribution in [0.4, 0.5) is 0 Å². The summed E-state index contributed by atoms with van der Waals surface area (Å²) in [6.45, 7) is 9.50. The summed E-state index contributed by atoms with van der Waals surface area (Å²) in [5, 5.41) is 9.03. The third kappa shape index (κ3) is 3.18. The molecule has 0 aromatic carbocycles. The summed E-state index contributed by atoms with van der Waals surface area (Å²) in [5.74, 6) is 1.20. The van der Waals surface area contributed by atoms with Crippen molar-refractivity contribution in [2.45, 2.75) is 52.6 Å². The molecule has 0 N–H and O–H groups in total. The van der Waals surface area contributed by atoms with Crippen LogP contribution in [0.2, 0.25) is 0 Å². The van der Waals surface area contributed by atoms with Gasteiger partial charge in [0.1, 0.15) is 5.82 Å². The van der Waals surface area contributed by atoms with Crippen LogP contribution in [0.25, 0.3) is 5.65 Å². The highest BCUT2D eigenvalue weighted by Gasteiger charge is 2.27. The van der Waals surface area contributed by atoms with Gasteiger partial charge in [0.05, 0.1) is 6.20 Å². The molecule has 1 fully saturated rings. The van der Waals surface area contributed by atoms with Gasteiger partial charge in [-0.1, -0.05) is 0 Å². The van der Waals surface area contributed by atoms with Gasteiger partial charge < -0.3 is 0 Å². The Morgan fingerprint density at radius 2 is 2.11 bits per heavy atom. The summed E-state index contributed by atoms with van der Waals surface area (Å²) in [6, 6.07) is 2.05. The molecule has 0 amide bonds. The minimum Gasteiger partial charge on any atom is -0.298 e. The number of aromatic nitrogens is 6. The molecule has 0 saturated carbocycles. The number of piperidine rings is 1. The second kappa shape index (κ2) is 6.92. The van der Waals surface area contributed by atoms with E-state index in [-0.39, 0.29) is 11.6 Å². The first-order chi connectivity index (χ1) is 13.0. The number of rotatable bonds is 4. The molecular weight excluding hydrogens is 342 g/mol. The molecule has 8 nitrogen and oxygen atoms in total. The standard InChI is InChI=1S/C19H27N7O/c1-5-25-18(22-23(4)19(25)27)15-7-6-8-24(11-15)12-16-10-20-26-14(3)9-13(2)21-17(16)26/h9-10,15H,5-8,11-12H2,1-4H3. The van der Waals surface area contributed by atoms with E-state index in [1.54, 1.807) is 11.6 Å². The predicted molar refractivity (Wildman–Crippen MR) is 103 cm³/mol. The van der Waals surface area contributed by atoms with Gasteiger partial charge in [-0.05, 0) is 46.2 Å². The Hall–Kier alpha value is -2.48. The first-order valence-corrected chi connectivity index (χ1v) is 9.65. The van der Waals surface area contributed by atoms with Gasteiger partial charge >= 0.3 is 5.69 Å². The third-order valence-corrected chi connectivity index (χ3v) is 5.47. The summed E-state index contributed by atoms with van der Waals surface area (Å²) in [6.07, 6.45) is 4.10. The third-order valence-electron chi connectivity index (χ3n) is 5.47. The second-order valence-corrected chi connectivity index (χ2v) is 7.53. The Balaban J connectivity index is 1.58. The van der Waals surface area contributed by atoms with E-state index in [1.807, 2.05) is 30.6 Å². The SMILES string of the molecule is CCn1c(C2CCCN(Cc3cnn4c(C)cc(C)nc34)C2)nn(C)c1=O. The number of aryl methyl sites for hydroxylation is 3. The molecule has 0 spiro atoms. The summed E-state index contributed by atoms with van der Waals surface area (Å²) < 4.78 is 5.17. The molecule has 8 heteroatoms. The summed E-state index contributed by atoms with van der Waals surface area (Å²) in [5.41, 5.74) is 4.18. The first kappa shape index (κ1) is 17.9. The maximum atomic E-state index is 12.2. The van der Waals surface area contributed by atoms with Crippen molar-refractivity contribution < 1.29 is 0 Å². The second-order valence-electron chi connectivity index (χ2n) is 7.53. The molecule has 1 saturated heterocycles. The molecule has 0 aliphatic carbocycles. The minimum absolute atomic E-state index is 0.0256. The molecule has 144 valence electrons. The molecule has 1 atom stereocenters. The van der Waals surface area contributed by atoms with Gasteiger partial charge in [-0.2, -0.15) is 10.2 Å². The Bertz CT molecular complexity index is 1030. The summed E-state index contributed by atoms with van der Waals surface area (Å²) in [4.78, 5) is 19.4. The van der Waals surface area contributed by atoms with Crippen molar-refractivity contribution in [3.63, 3.8) is 0 Å². The Morgan fingerprint density at radius 3 is 2.89 bits per heavy atom. The quantitative estimate of drug-likeness (QED) is 0.699. The van der Waals surface area contributed by atoms with Crippen LogP contribution >= 0.6 is 0 Å². The largest absolute Gasteiger partial charge is 0.345 e. The van der Waals surface area contributed by atoms with Crippen LogP contribution in [-0.2, 0) is 20.1 Å². The summed E-state index contributed by atoms with van der Waals surface area (Å²) >= 11 is 0. The van der Waals surface area contributed by atoms with Crippen molar-refractivity contribution in [1.29, 1.82) is 0 Å². The minimum atomic E-state index is -0.0256. The van der Waals surface area contributed by atoms with E-state index in [0.29, 0.717) is 6.54 Å². The highest BCUT2D eigenvalue weighted by atomic mass is 16.2. The molecule has 4 rings (SSSR count). The number of hydrogen-bond donors (Lipinski definition) is 0. The van der Waals surface area contributed by atoms with Crippen LogP contribution in [0.5, 0.6) is 0 Å². The van der Waals surface area contributed by atoms with Crippen molar-refractivity contribution >= 4 is 5.65 Å². The monoisotopic (exact) mass is 369 g/mol.